The zero-order chi connectivity index (χ0) is 17.1. The van der Waals surface area contributed by atoms with Crippen LogP contribution >= 0.6 is 11.6 Å². The summed E-state index contributed by atoms with van der Waals surface area (Å²) in [7, 11) is 0. The molecule has 0 bridgehead atoms. The molecule has 0 spiro atoms. The fourth-order valence-electron chi connectivity index (χ4n) is 2.80. The van der Waals surface area contributed by atoms with E-state index in [1.54, 1.807) is 17.0 Å². The lowest BCUT2D eigenvalue weighted by molar-refractivity contribution is 0.297. The van der Waals surface area contributed by atoms with E-state index in [1.165, 1.54) is 0 Å². The zero-order valence-corrected chi connectivity index (χ0v) is 14.5. The molecule has 0 aliphatic heterocycles. The normalized spacial score (nSPS) is 11.0. The van der Waals surface area contributed by atoms with E-state index in [9.17, 15) is 4.79 Å². The molecular weight excluding hydrogens is 324 g/mol. The minimum atomic E-state index is -0.0144. The van der Waals surface area contributed by atoms with Crippen LogP contribution in [0.25, 0.3) is 10.9 Å². The largest absolute Gasteiger partial charge is 0.493 e. The molecule has 1 aromatic heterocycles. The number of aromatic nitrogens is 2. The summed E-state index contributed by atoms with van der Waals surface area (Å²) in [6.45, 7) is 5.06. The first kappa shape index (κ1) is 16.5. The Balaban J connectivity index is 1.65. The first-order valence-electron chi connectivity index (χ1n) is 7.90. The summed E-state index contributed by atoms with van der Waals surface area (Å²) in [6.07, 6.45) is 2.32. The average Bonchev–Trinajstić information content (AvgIpc) is 2.55. The maximum absolute atomic E-state index is 12.4. The fraction of sp³-hybridized carbons (Fsp3) is 0.263. The quantitative estimate of drug-likeness (QED) is 0.655. The van der Waals surface area contributed by atoms with Crippen LogP contribution in [-0.2, 0) is 6.54 Å². The maximum Gasteiger partial charge on any atom is 0.261 e. The van der Waals surface area contributed by atoms with Crippen LogP contribution in [0.2, 0.25) is 5.02 Å². The number of aryl methyl sites for hydroxylation is 3. The fourth-order valence-corrected chi connectivity index (χ4v) is 3.13. The van der Waals surface area contributed by atoms with Gasteiger partial charge in [-0.3, -0.25) is 9.36 Å². The molecule has 1 heterocycles. The number of hydrogen-bond acceptors (Lipinski definition) is 3. The van der Waals surface area contributed by atoms with Gasteiger partial charge in [0, 0.05) is 11.6 Å². The van der Waals surface area contributed by atoms with Crippen molar-refractivity contribution in [3.63, 3.8) is 0 Å². The van der Waals surface area contributed by atoms with E-state index in [4.69, 9.17) is 16.3 Å². The van der Waals surface area contributed by atoms with E-state index < -0.39 is 0 Å². The molecule has 0 aliphatic carbocycles. The SMILES string of the molecule is Cc1cc(Cl)cc(C)c1OCCCn1cnc2ccccc2c1=O. The van der Waals surface area contributed by atoms with Gasteiger partial charge in [0.05, 0.1) is 23.8 Å². The van der Waals surface area contributed by atoms with Gasteiger partial charge in [0.2, 0.25) is 0 Å². The maximum atomic E-state index is 12.4. The minimum absolute atomic E-state index is 0.0144. The number of nitrogens with zero attached hydrogens (tertiary/aromatic N) is 2. The monoisotopic (exact) mass is 342 g/mol. The van der Waals surface area contributed by atoms with Crippen LogP contribution in [0.5, 0.6) is 5.75 Å². The first-order chi connectivity index (χ1) is 11.6. The highest BCUT2D eigenvalue weighted by Crippen LogP contribution is 2.27. The van der Waals surface area contributed by atoms with Crippen molar-refractivity contribution >= 4 is 22.5 Å². The third kappa shape index (κ3) is 3.44. The Morgan fingerprint density at radius 1 is 1.17 bits per heavy atom. The van der Waals surface area contributed by atoms with Gasteiger partial charge in [0.15, 0.2) is 0 Å². The molecule has 0 amide bonds. The molecule has 0 aliphatic rings. The summed E-state index contributed by atoms with van der Waals surface area (Å²) in [6, 6.07) is 11.2. The van der Waals surface area contributed by atoms with Gasteiger partial charge in [-0.05, 0) is 55.7 Å². The Morgan fingerprint density at radius 3 is 2.62 bits per heavy atom. The van der Waals surface area contributed by atoms with E-state index in [0.717, 1.165) is 28.8 Å². The number of ether oxygens (including phenoxy) is 1. The van der Waals surface area contributed by atoms with Crippen LogP contribution < -0.4 is 10.3 Å². The second-order valence-corrected chi connectivity index (χ2v) is 6.27. The number of hydrogen-bond donors (Lipinski definition) is 0. The van der Waals surface area contributed by atoms with E-state index in [1.807, 2.05) is 44.2 Å². The number of halogens is 1. The van der Waals surface area contributed by atoms with Crippen LogP contribution in [0.4, 0.5) is 0 Å². The van der Waals surface area contributed by atoms with Gasteiger partial charge >= 0.3 is 0 Å². The zero-order valence-electron chi connectivity index (χ0n) is 13.8. The second kappa shape index (κ2) is 7.05. The predicted molar refractivity (Wildman–Crippen MR) is 97.0 cm³/mol. The highest BCUT2D eigenvalue weighted by molar-refractivity contribution is 6.30. The van der Waals surface area contributed by atoms with E-state index in [2.05, 4.69) is 4.98 Å². The molecule has 0 saturated heterocycles. The Kier molecular flexibility index (Phi) is 4.86. The summed E-state index contributed by atoms with van der Waals surface area (Å²) >= 11 is 6.03. The molecular formula is C19H19ClN2O2. The molecule has 3 aromatic rings. The van der Waals surface area contributed by atoms with Crippen molar-refractivity contribution in [2.24, 2.45) is 0 Å². The number of benzene rings is 2. The molecule has 4 nitrogen and oxygen atoms in total. The molecule has 0 unspecified atom stereocenters. The van der Waals surface area contributed by atoms with Crippen molar-refractivity contribution in [3.05, 3.63) is 69.2 Å². The molecule has 124 valence electrons. The average molecular weight is 343 g/mol. The van der Waals surface area contributed by atoms with Gasteiger partial charge in [-0.25, -0.2) is 4.98 Å². The van der Waals surface area contributed by atoms with Gasteiger partial charge in [0.1, 0.15) is 5.75 Å². The van der Waals surface area contributed by atoms with Gasteiger partial charge in [-0.1, -0.05) is 23.7 Å². The van der Waals surface area contributed by atoms with Gasteiger partial charge in [0.25, 0.3) is 5.56 Å². The highest BCUT2D eigenvalue weighted by Gasteiger charge is 2.07. The molecule has 2 aromatic carbocycles. The Bertz CT molecular complexity index is 911. The highest BCUT2D eigenvalue weighted by atomic mass is 35.5. The topological polar surface area (TPSA) is 44.1 Å². The van der Waals surface area contributed by atoms with Gasteiger partial charge in [-0.15, -0.1) is 0 Å². The number of fused-ring (bicyclic) bond motifs is 1. The van der Waals surface area contributed by atoms with E-state index in [0.29, 0.717) is 23.6 Å². The Morgan fingerprint density at radius 2 is 1.88 bits per heavy atom. The Labute approximate surface area is 145 Å². The van der Waals surface area contributed by atoms with Crippen molar-refractivity contribution in [1.29, 1.82) is 0 Å². The molecule has 0 saturated carbocycles. The first-order valence-corrected chi connectivity index (χ1v) is 8.28. The van der Waals surface area contributed by atoms with E-state index >= 15 is 0 Å². The number of rotatable bonds is 5. The lowest BCUT2D eigenvalue weighted by Gasteiger charge is -2.13. The summed E-state index contributed by atoms with van der Waals surface area (Å²) < 4.78 is 7.51. The smallest absolute Gasteiger partial charge is 0.261 e. The third-order valence-corrected chi connectivity index (χ3v) is 4.16. The third-order valence-electron chi connectivity index (χ3n) is 3.95. The molecule has 0 radical (unpaired) electrons. The van der Waals surface area contributed by atoms with Crippen LogP contribution in [-0.4, -0.2) is 16.2 Å². The van der Waals surface area contributed by atoms with E-state index in [-0.39, 0.29) is 5.56 Å². The second-order valence-electron chi connectivity index (χ2n) is 5.83. The van der Waals surface area contributed by atoms with Gasteiger partial charge in [-0.2, -0.15) is 0 Å². The lowest BCUT2D eigenvalue weighted by Crippen LogP contribution is -2.21. The summed E-state index contributed by atoms with van der Waals surface area (Å²) in [5.74, 6) is 0.864. The van der Waals surface area contributed by atoms with Crippen LogP contribution in [0.3, 0.4) is 0 Å². The summed E-state index contributed by atoms with van der Waals surface area (Å²) in [5, 5.41) is 1.36. The van der Waals surface area contributed by atoms with Gasteiger partial charge < -0.3 is 4.74 Å². The van der Waals surface area contributed by atoms with Crippen molar-refractivity contribution in [3.8, 4) is 5.75 Å². The van der Waals surface area contributed by atoms with Crippen molar-refractivity contribution in [1.82, 2.24) is 9.55 Å². The Hall–Kier alpha value is -2.33. The number of para-hydroxylation sites is 1. The van der Waals surface area contributed by atoms with Crippen LogP contribution in [0.1, 0.15) is 17.5 Å². The molecule has 24 heavy (non-hydrogen) atoms. The lowest BCUT2D eigenvalue weighted by atomic mass is 10.1. The van der Waals surface area contributed by atoms with Crippen molar-refractivity contribution in [2.75, 3.05) is 6.61 Å². The molecule has 5 heteroatoms. The van der Waals surface area contributed by atoms with Crippen molar-refractivity contribution < 1.29 is 4.74 Å². The molecule has 0 fully saturated rings. The summed E-state index contributed by atoms with van der Waals surface area (Å²) in [5.41, 5.74) is 2.75. The predicted octanol–water partition coefficient (Wildman–Crippen LogP) is 4.14. The minimum Gasteiger partial charge on any atom is -0.493 e. The molecule has 3 rings (SSSR count). The summed E-state index contributed by atoms with van der Waals surface area (Å²) in [4.78, 5) is 16.7. The van der Waals surface area contributed by atoms with Crippen LogP contribution in [0.15, 0.2) is 47.5 Å². The van der Waals surface area contributed by atoms with Crippen LogP contribution in [0, 0.1) is 13.8 Å². The molecule has 0 atom stereocenters. The molecule has 0 N–H and O–H groups in total. The van der Waals surface area contributed by atoms with Crippen molar-refractivity contribution in [2.45, 2.75) is 26.8 Å². The standard InChI is InChI=1S/C19H19ClN2O2/c1-13-10-15(20)11-14(2)18(13)24-9-5-8-22-12-21-17-7-4-3-6-16(17)19(22)23/h3-4,6-7,10-12H,5,8-9H2,1-2H3.